The Labute approximate surface area is 152 Å². The fraction of sp³-hybridized carbons (Fsp3) is 0.167. The molecule has 3 rings (SSSR count). The highest BCUT2D eigenvalue weighted by atomic mass is 32.2. The first-order valence-corrected chi connectivity index (χ1v) is 9.61. The van der Waals surface area contributed by atoms with Crippen molar-refractivity contribution in [3.05, 3.63) is 59.4 Å². The van der Waals surface area contributed by atoms with Gasteiger partial charge in [-0.15, -0.1) is 0 Å². The van der Waals surface area contributed by atoms with Gasteiger partial charge >= 0.3 is 0 Å². The molecule has 142 valence electrons. The molecule has 0 saturated carbocycles. The molecule has 9 heteroatoms. The summed E-state index contributed by atoms with van der Waals surface area (Å²) < 4.78 is 77.8. The van der Waals surface area contributed by atoms with Crippen molar-refractivity contribution in [1.29, 1.82) is 0 Å². The number of nitrogens with zero attached hydrogens (tertiary/aromatic N) is 1. The predicted molar refractivity (Wildman–Crippen MR) is 92.2 cm³/mol. The molecule has 0 saturated heterocycles. The molecule has 0 radical (unpaired) electrons. The van der Waals surface area contributed by atoms with Gasteiger partial charge in [0.1, 0.15) is 16.5 Å². The first-order valence-electron chi connectivity index (χ1n) is 7.72. The molecule has 0 fully saturated rings. The molecule has 3 aromatic rings. The summed E-state index contributed by atoms with van der Waals surface area (Å²) in [6, 6.07) is 8.33. The number of nitrogens with one attached hydrogen (secondary N) is 1. The van der Waals surface area contributed by atoms with Crippen molar-refractivity contribution in [2.24, 2.45) is 0 Å². The van der Waals surface area contributed by atoms with Crippen LogP contribution in [-0.2, 0) is 9.84 Å². The minimum Gasteiger partial charge on any atom is -0.337 e. The Kier molecular flexibility index (Phi) is 4.81. The lowest BCUT2D eigenvalue weighted by atomic mass is 10.0. The zero-order valence-electron chi connectivity index (χ0n) is 14.2. The molecule has 0 atom stereocenters. The van der Waals surface area contributed by atoms with Crippen molar-refractivity contribution in [3.8, 4) is 22.5 Å². The van der Waals surface area contributed by atoms with E-state index in [-0.39, 0.29) is 17.0 Å². The van der Waals surface area contributed by atoms with E-state index < -0.39 is 38.6 Å². The van der Waals surface area contributed by atoms with Crippen LogP contribution >= 0.6 is 0 Å². The summed E-state index contributed by atoms with van der Waals surface area (Å²) in [6.45, 7) is 1.84. The lowest BCUT2D eigenvalue weighted by Gasteiger charge is -2.07. The van der Waals surface area contributed by atoms with Crippen LogP contribution in [0.4, 0.5) is 17.6 Å². The number of rotatable bonds is 4. The molecule has 0 aliphatic rings. The minimum atomic E-state index is -4.14. The van der Waals surface area contributed by atoms with Crippen molar-refractivity contribution in [2.75, 3.05) is 6.26 Å². The van der Waals surface area contributed by atoms with Gasteiger partial charge in [0, 0.05) is 17.4 Å². The Morgan fingerprint density at radius 1 is 1.00 bits per heavy atom. The molecule has 4 nitrogen and oxygen atoms in total. The van der Waals surface area contributed by atoms with Crippen LogP contribution in [0, 0.1) is 18.6 Å². The van der Waals surface area contributed by atoms with Crippen LogP contribution in [-0.4, -0.2) is 24.6 Å². The number of alkyl halides is 2. The first-order chi connectivity index (χ1) is 12.6. The monoisotopic (exact) mass is 398 g/mol. The second-order valence-corrected chi connectivity index (χ2v) is 8.01. The summed E-state index contributed by atoms with van der Waals surface area (Å²) in [5.41, 5.74) is 1.31. The van der Waals surface area contributed by atoms with Crippen LogP contribution < -0.4 is 0 Å². The van der Waals surface area contributed by atoms with E-state index in [1.807, 2.05) is 6.92 Å². The summed E-state index contributed by atoms with van der Waals surface area (Å²) in [5, 5.41) is 0. The van der Waals surface area contributed by atoms with Crippen molar-refractivity contribution in [2.45, 2.75) is 18.2 Å². The number of hydrogen-bond donors (Lipinski definition) is 1. The van der Waals surface area contributed by atoms with Gasteiger partial charge < -0.3 is 4.98 Å². The zero-order chi connectivity index (χ0) is 19.9. The molecular formula is C18H14F4N2O2S. The number of hydrogen-bond acceptors (Lipinski definition) is 3. The normalized spacial score (nSPS) is 12.0. The largest absolute Gasteiger partial charge is 0.337 e. The van der Waals surface area contributed by atoms with Gasteiger partial charge in [-0.2, -0.15) is 0 Å². The van der Waals surface area contributed by atoms with E-state index in [0.29, 0.717) is 11.8 Å². The number of H-pyrrole nitrogens is 1. The smallest absolute Gasteiger partial charge is 0.295 e. The molecule has 1 aromatic heterocycles. The van der Waals surface area contributed by atoms with Crippen LogP contribution in [0.2, 0.25) is 0 Å². The molecule has 0 spiro atoms. The fourth-order valence-corrected chi connectivity index (χ4v) is 3.51. The maximum Gasteiger partial charge on any atom is 0.295 e. The van der Waals surface area contributed by atoms with E-state index in [4.69, 9.17) is 0 Å². The topological polar surface area (TPSA) is 62.8 Å². The van der Waals surface area contributed by atoms with Crippen molar-refractivity contribution in [3.63, 3.8) is 0 Å². The number of imidazole rings is 1. The molecule has 0 aliphatic heterocycles. The summed E-state index contributed by atoms with van der Waals surface area (Å²) in [5.74, 6) is -3.29. The highest BCUT2D eigenvalue weighted by molar-refractivity contribution is 7.90. The third kappa shape index (κ3) is 3.73. The molecule has 2 aromatic carbocycles. The Balaban J connectivity index is 2.24. The number of aromatic nitrogens is 2. The maximum absolute atomic E-state index is 14.2. The van der Waals surface area contributed by atoms with E-state index in [0.717, 1.165) is 17.7 Å². The van der Waals surface area contributed by atoms with E-state index in [1.165, 1.54) is 0 Å². The third-order valence-corrected chi connectivity index (χ3v) is 5.04. The summed E-state index contributed by atoms with van der Waals surface area (Å²) >= 11 is 0. The molecule has 27 heavy (non-hydrogen) atoms. The van der Waals surface area contributed by atoms with Crippen molar-refractivity contribution < 1.29 is 26.0 Å². The van der Waals surface area contributed by atoms with Gasteiger partial charge in [-0.1, -0.05) is 29.8 Å². The lowest BCUT2D eigenvalue weighted by Crippen LogP contribution is -2.05. The van der Waals surface area contributed by atoms with E-state index in [9.17, 15) is 26.0 Å². The van der Waals surface area contributed by atoms with E-state index >= 15 is 0 Å². The van der Waals surface area contributed by atoms with Gasteiger partial charge in [0.25, 0.3) is 6.43 Å². The first kappa shape index (κ1) is 19.1. The predicted octanol–water partition coefficient (Wildman–Crippen LogP) is 4.67. The van der Waals surface area contributed by atoms with Crippen LogP contribution in [0.5, 0.6) is 0 Å². The second kappa shape index (κ2) is 6.80. The Morgan fingerprint density at radius 3 is 2.04 bits per heavy atom. The summed E-state index contributed by atoms with van der Waals surface area (Å²) in [7, 11) is -4.14. The van der Waals surface area contributed by atoms with Gasteiger partial charge in [0.15, 0.2) is 15.7 Å². The molecule has 1 N–H and O–H groups in total. The van der Waals surface area contributed by atoms with E-state index in [1.54, 1.807) is 24.3 Å². The van der Waals surface area contributed by atoms with Gasteiger partial charge in [0.2, 0.25) is 0 Å². The Hall–Kier alpha value is -2.68. The number of sulfone groups is 1. The van der Waals surface area contributed by atoms with Gasteiger partial charge in [-0.05, 0) is 19.1 Å². The lowest BCUT2D eigenvalue weighted by molar-refractivity contribution is 0.141. The second-order valence-electron chi connectivity index (χ2n) is 6.05. The molecule has 0 aliphatic carbocycles. The van der Waals surface area contributed by atoms with Crippen LogP contribution in [0.1, 0.15) is 17.8 Å². The van der Waals surface area contributed by atoms with Gasteiger partial charge in [-0.3, -0.25) is 0 Å². The average Bonchev–Trinajstić information content (AvgIpc) is 2.99. The van der Waals surface area contributed by atoms with Crippen LogP contribution in [0.3, 0.4) is 0 Å². The van der Waals surface area contributed by atoms with Crippen LogP contribution in [0.15, 0.2) is 41.3 Å². The average molecular weight is 398 g/mol. The van der Waals surface area contributed by atoms with Gasteiger partial charge in [-0.25, -0.2) is 31.0 Å². The molecule has 1 heterocycles. The maximum atomic E-state index is 14.2. The number of aromatic amines is 1. The highest BCUT2D eigenvalue weighted by Crippen LogP contribution is 2.34. The fourth-order valence-electron chi connectivity index (χ4n) is 2.68. The van der Waals surface area contributed by atoms with E-state index in [2.05, 4.69) is 9.97 Å². The zero-order valence-corrected chi connectivity index (χ0v) is 15.0. The number of aryl methyl sites for hydroxylation is 1. The van der Waals surface area contributed by atoms with Crippen molar-refractivity contribution in [1.82, 2.24) is 9.97 Å². The van der Waals surface area contributed by atoms with Crippen molar-refractivity contribution >= 4 is 9.84 Å². The molecule has 0 bridgehead atoms. The molecular weight excluding hydrogens is 384 g/mol. The van der Waals surface area contributed by atoms with Crippen LogP contribution in [0.25, 0.3) is 22.5 Å². The third-order valence-electron chi connectivity index (χ3n) is 3.91. The molecule has 0 amide bonds. The standard InChI is InChI=1S/C18H14F4N2O2S/c1-9-3-5-10(6-4-9)14-15(24-18(23-14)17(21)22)11-7-12(19)16(13(20)8-11)27(2,25)26/h3-8,17H,1-2H3,(H,23,24). The Bertz CT molecular complexity index is 1080. The van der Waals surface area contributed by atoms with Gasteiger partial charge in [0.05, 0.1) is 11.4 Å². The summed E-state index contributed by atoms with van der Waals surface area (Å²) in [6.07, 6.45) is -2.25. The number of halogens is 4. The SMILES string of the molecule is Cc1ccc(-c2[nH]c(C(F)F)nc2-c2cc(F)c(S(C)(=O)=O)c(F)c2)cc1. The number of benzene rings is 2. The Morgan fingerprint density at radius 2 is 1.56 bits per heavy atom. The quantitative estimate of drug-likeness (QED) is 0.650. The minimum absolute atomic E-state index is 0.105. The highest BCUT2D eigenvalue weighted by Gasteiger charge is 2.24. The summed E-state index contributed by atoms with van der Waals surface area (Å²) in [4.78, 5) is 5.16. The molecule has 0 unspecified atom stereocenters.